The number of carbonyl (C=O) groups excluding carboxylic acids is 1. The van der Waals surface area contributed by atoms with E-state index >= 15 is 0 Å². The zero-order valence-corrected chi connectivity index (χ0v) is 16.8. The first-order chi connectivity index (χ1) is 12.9. The van der Waals surface area contributed by atoms with Crippen LogP contribution in [-0.2, 0) is 27.8 Å². The number of sulfonamides is 1. The van der Waals surface area contributed by atoms with Crippen LogP contribution in [-0.4, -0.2) is 20.4 Å². The molecule has 2 aromatic carbocycles. The van der Waals surface area contributed by atoms with Crippen molar-refractivity contribution in [3.05, 3.63) is 65.7 Å². The van der Waals surface area contributed by atoms with Crippen molar-refractivity contribution in [2.75, 3.05) is 0 Å². The number of nitrogens with one attached hydrogen (secondary N) is 2. The number of hydrogen-bond acceptors (Lipinski definition) is 3. The van der Waals surface area contributed by atoms with Gasteiger partial charge in [-0.3, -0.25) is 4.79 Å². The van der Waals surface area contributed by atoms with Crippen molar-refractivity contribution in [3.63, 3.8) is 0 Å². The van der Waals surface area contributed by atoms with Gasteiger partial charge in [0.05, 0.1) is 4.90 Å². The van der Waals surface area contributed by atoms with Gasteiger partial charge in [0.15, 0.2) is 0 Å². The highest BCUT2D eigenvalue weighted by atomic mass is 32.2. The van der Waals surface area contributed by atoms with Crippen molar-refractivity contribution in [1.82, 2.24) is 10.0 Å². The molecule has 0 unspecified atom stereocenters. The van der Waals surface area contributed by atoms with Crippen LogP contribution in [0.2, 0.25) is 0 Å². The zero-order chi connectivity index (χ0) is 19.7. The van der Waals surface area contributed by atoms with Crippen molar-refractivity contribution in [2.24, 2.45) is 0 Å². The van der Waals surface area contributed by atoms with E-state index in [4.69, 9.17) is 0 Å². The molecular weight excluding hydrogens is 360 g/mol. The average Bonchev–Trinajstić information content (AvgIpc) is 2.66. The van der Waals surface area contributed by atoms with Gasteiger partial charge < -0.3 is 5.32 Å². The Labute approximate surface area is 162 Å². The molecule has 0 bridgehead atoms. The van der Waals surface area contributed by atoms with Gasteiger partial charge in [-0.2, -0.15) is 0 Å². The van der Waals surface area contributed by atoms with Crippen LogP contribution in [0.15, 0.2) is 59.5 Å². The van der Waals surface area contributed by atoms with Gasteiger partial charge in [-0.25, -0.2) is 13.1 Å². The molecule has 146 valence electrons. The molecule has 0 saturated carbocycles. The number of rotatable bonds is 10. The maximum absolute atomic E-state index is 12.4. The van der Waals surface area contributed by atoms with Gasteiger partial charge in [-0.1, -0.05) is 55.8 Å². The van der Waals surface area contributed by atoms with Crippen molar-refractivity contribution < 1.29 is 13.2 Å². The summed E-state index contributed by atoms with van der Waals surface area (Å²) in [6.07, 6.45) is 2.98. The van der Waals surface area contributed by atoms with E-state index in [2.05, 4.69) is 17.0 Å². The lowest BCUT2D eigenvalue weighted by molar-refractivity contribution is -0.121. The first kappa shape index (κ1) is 21.1. The van der Waals surface area contributed by atoms with E-state index in [1.54, 1.807) is 24.3 Å². The van der Waals surface area contributed by atoms with Gasteiger partial charge >= 0.3 is 0 Å². The summed E-state index contributed by atoms with van der Waals surface area (Å²) < 4.78 is 27.4. The molecule has 1 atom stereocenters. The van der Waals surface area contributed by atoms with Crippen molar-refractivity contribution in [1.29, 1.82) is 0 Å². The number of hydrogen-bond donors (Lipinski definition) is 2. The second-order valence-electron chi connectivity index (χ2n) is 6.71. The Balaban J connectivity index is 1.87. The van der Waals surface area contributed by atoms with Crippen LogP contribution in [0.5, 0.6) is 0 Å². The van der Waals surface area contributed by atoms with Gasteiger partial charge in [0.1, 0.15) is 0 Å². The van der Waals surface area contributed by atoms with E-state index in [0.29, 0.717) is 12.8 Å². The monoisotopic (exact) mass is 388 g/mol. The molecule has 0 aliphatic heterocycles. The molecule has 6 heteroatoms. The van der Waals surface area contributed by atoms with Crippen molar-refractivity contribution >= 4 is 15.9 Å². The summed E-state index contributed by atoms with van der Waals surface area (Å²) in [5.74, 6) is 0.0252. The zero-order valence-electron chi connectivity index (χ0n) is 15.9. The molecule has 0 aromatic heterocycles. The average molecular weight is 389 g/mol. The predicted molar refractivity (Wildman–Crippen MR) is 108 cm³/mol. The molecule has 1 amide bonds. The second kappa shape index (κ2) is 10.2. The Hall–Kier alpha value is -2.18. The van der Waals surface area contributed by atoms with Crippen LogP contribution in [0.4, 0.5) is 0 Å². The fourth-order valence-corrected chi connectivity index (χ4v) is 3.82. The van der Waals surface area contributed by atoms with Gasteiger partial charge in [0, 0.05) is 19.0 Å². The summed E-state index contributed by atoms with van der Waals surface area (Å²) in [5.41, 5.74) is 1.84. The number of carbonyl (C=O) groups is 1. The molecule has 27 heavy (non-hydrogen) atoms. The molecule has 5 nitrogen and oxygen atoms in total. The third-order valence-electron chi connectivity index (χ3n) is 4.31. The van der Waals surface area contributed by atoms with Crippen LogP contribution < -0.4 is 10.0 Å². The topological polar surface area (TPSA) is 75.3 Å². The third kappa shape index (κ3) is 7.15. The maximum Gasteiger partial charge on any atom is 0.240 e. The van der Waals surface area contributed by atoms with Crippen LogP contribution in [0.25, 0.3) is 0 Å². The molecule has 0 spiro atoms. The Morgan fingerprint density at radius 3 is 2.30 bits per heavy atom. The molecule has 0 fully saturated rings. The van der Waals surface area contributed by atoms with Crippen LogP contribution in [0.1, 0.15) is 44.2 Å². The molecule has 0 aliphatic rings. The number of amides is 1. The fourth-order valence-electron chi connectivity index (χ4n) is 2.80. The van der Waals surface area contributed by atoms with E-state index in [0.717, 1.165) is 24.0 Å². The minimum atomic E-state index is -3.56. The van der Waals surface area contributed by atoms with E-state index in [1.807, 2.05) is 37.3 Å². The molecular formula is C21H28N2O3S. The highest BCUT2D eigenvalue weighted by molar-refractivity contribution is 7.89. The lowest BCUT2D eigenvalue weighted by Gasteiger charge is -2.12. The first-order valence-electron chi connectivity index (χ1n) is 9.32. The van der Waals surface area contributed by atoms with Gasteiger partial charge in [-0.05, 0) is 43.0 Å². The Bertz CT molecular complexity index is 818. The highest BCUT2D eigenvalue weighted by Gasteiger charge is 2.14. The quantitative estimate of drug-likeness (QED) is 0.655. The lowest BCUT2D eigenvalue weighted by atomic mass is 10.1. The summed E-state index contributed by atoms with van der Waals surface area (Å²) in [5, 5.41) is 2.97. The van der Waals surface area contributed by atoms with Gasteiger partial charge in [0.25, 0.3) is 0 Å². The summed E-state index contributed by atoms with van der Waals surface area (Å²) in [7, 11) is -3.56. The first-order valence-corrected chi connectivity index (χ1v) is 10.8. The van der Waals surface area contributed by atoms with E-state index in [1.165, 1.54) is 0 Å². The van der Waals surface area contributed by atoms with E-state index < -0.39 is 10.0 Å². The Kier molecular flexibility index (Phi) is 8.00. The third-order valence-corrected chi connectivity index (χ3v) is 5.73. The minimum Gasteiger partial charge on any atom is -0.354 e. The van der Waals surface area contributed by atoms with Gasteiger partial charge in [-0.15, -0.1) is 0 Å². The second-order valence-corrected chi connectivity index (χ2v) is 8.48. The Morgan fingerprint density at radius 2 is 1.67 bits per heavy atom. The summed E-state index contributed by atoms with van der Waals surface area (Å²) >= 11 is 0. The predicted octanol–water partition coefficient (Wildman–Crippen LogP) is 3.40. The number of benzene rings is 2. The van der Waals surface area contributed by atoms with Crippen LogP contribution in [0, 0.1) is 0 Å². The molecule has 0 saturated heterocycles. The molecule has 0 heterocycles. The fraction of sp³-hybridized carbons (Fsp3) is 0.381. The Morgan fingerprint density at radius 1 is 1.00 bits per heavy atom. The van der Waals surface area contributed by atoms with E-state index in [-0.39, 0.29) is 23.4 Å². The lowest BCUT2D eigenvalue weighted by Crippen LogP contribution is -2.32. The summed E-state index contributed by atoms with van der Waals surface area (Å²) in [6, 6.07) is 16.3. The van der Waals surface area contributed by atoms with Crippen molar-refractivity contribution in [3.8, 4) is 0 Å². The molecule has 2 N–H and O–H groups in total. The SMILES string of the molecule is CCC[C@H](C)NC(=O)CCc1ccc(S(=O)(=O)NCc2ccccc2)cc1. The minimum absolute atomic E-state index is 0.0252. The molecule has 0 radical (unpaired) electrons. The normalized spacial score (nSPS) is 12.5. The van der Waals surface area contributed by atoms with Crippen LogP contribution in [0.3, 0.4) is 0 Å². The van der Waals surface area contributed by atoms with E-state index in [9.17, 15) is 13.2 Å². The summed E-state index contributed by atoms with van der Waals surface area (Å²) in [4.78, 5) is 12.2. The highest BCUT2D eigenvalue weighted by Crippen LogP contribution is 2.13. The largest absolute Gasteiger partial charge is 0.354 e. The van der Waals surface area contributed by atoms with Crippen LogP contribution >= 0.6 is 0 Å². The summed E-state index contributed by atoms with van der Waals surface area (Å²) in [6.45, 7) is 4.34. The molecule has 0 aliphatic carbocycles. The molecule has 2 rings (SSSR count). The number of aryl methyl sites for hydroxylation is 1. The van der Waals surface area contributed by atoms with Gasteiger partial charge in [0.2, 0.25) is 15.9 Å². The van der Waals surface area contributed by atoms with Crippen molar-refractivity contribution in [2.45, 2.75) is 57.0 Å². The smallest absolute Gasteiger partial charge is 0.240 e. The maximum atomic E-state index is 12.4. The standard InChI is InChI=1S/C21H28N2O3S/c1-3-7-17(2)23-21(24)15-12-18-10-13-20(14-11-18)27(25,26)22-16-19-8-5-4-6-9-19/h4-6,8-11,13-14,17,22H,3,7,12,15-16H2,1-2H3,(H,23,24)/t17-/m0/s1. The molecule has 2 aromatic rings.